The first-order chi connectivity index (χ1) is 15.5. The summed E-state index contributed by atoms with van der Waals surface area (Å²) in [6.07, 6.45) is 5.80. The van der Waals surface area contributed by atoms with E-state index < -0.39 is 0 Å². The van der Waals surface area contributed by atoms with Crippen LogP contribution in [0.3, 0.4) is 0 Å². The molecule has 2 heterocycles. The van der Waals surface area contributed by atoms with Crippen LogP contribution >= 0.6 is 0 Å². The molecule has 166 valence electrons. The predicted molar refractivity (Wildman–Crippen MR) is 120 cm³/mol. The molecule has 0 saturated carbocycles. The summed E-state index contributed by atoms with van der Waals surface area (Å²) in [5.41, 5.74) is 1.86. The van der Waals surface area contributed by atoms with Crippen molar-refractivity contribution in [3.8, 4) is 5.75 Å². The third-order valence-electron chi connectivity index (χ3n) is 5.84. The maximum absolute atomic E-state index is 13.7. The van der Waals surface area contributed by atoms with Crippen LogP contribution in [0.1, 0.15) is 29.9 Å². The molecule has 6 heteroatoms. The van der Waals surface area contributed by atoms with Gasteiger partial charge in [0.05, 0.1) is 32.0 Å². The normalized spacial score (nSPS) is 20.6. The largest absolute Gasteiger partial charge is 0.497 e. The maximum atomic E-state index is 13.7. The van der Waals surface area contributed by atoms with Crippen LogP contribution in [-0.2, 0) is 17.9 Å². The zero-order chi connectivity index (χ0) is 22.5. The number of carbonyl (C=O) groups is 1. The van der Waals surface area contributed by atoms with Gasteiger partial charge >= 0.3 is 0 Å². The Bertz CT molecular complexity index is 1050. The van der Waals surface area contributed by atoms with Crippen LogP contribution in [0.2, 0.25) is 0 Å². The third-order valence-corrected chi connectivity index (χ3v) is 5.84. The van der Waals surface area contributed by atoms with Gasteiger partial charge in [0, 0.05) is 13.1 Å². The molecule has 5 nitrogen and oxygen atoms in total. The average Bonchev–Trinajstić information content (AvgIpc) is 3.33. The van der Waals surface area contributed by atoms with Crippen molar-refractivity contribution in [3.63, 3.8) is 0 Å². The summed E-state index contributed by atoms with van der Waals surface area (Å²) < 4.78 is 24.2. The second kappa shape index (κ2) is 9.83. The van der Waals surface area contributed by atoms with Gasteiger partial charge in [-0.2, -0.15) is 0 Å². The van der Waals surface area contributed by atoms with E-state index in [1.807, 2.05) is 48.2 Å². The smallest absolute Gasteiger partial charge is 0.240 e. The first-order valence-electron chi connectivity index (χ1n) is 10.7. The Balaban J connectivity index is 1.67. The van der Waals surface area contributed by atoms with Crippen LogP contribution in [0.25, 0.3) is 0 Å². The van der Waals surface area contributed by atoms with Crippen LogP contribution < -0.4 is 4.74 Å². The van der Waals surface area contributed by atoms with Crippen LogP contribution in [0, 0.1) is 5.82 Å². The van der Waals surface area contributed by atoms with Crippen molar-refractivity contribution in [2.45, 2.75) is 32.1 Å². The molecule has 3 aromatic rings. The zero-order valence-corrected chi connectivity index (χ0v) is 18.3. The fourth-order valence-electron chi connectivity index (χ4n) is 3.98. The van der Waals surface area contributed by atoms with E-state index in [0.29, 0.717) is 19.6 Å². The predicted octanol–water partition coefficient (Wildman–Crippen LogP) is 4.96. The summed E-state index contributed by atoms with van der Waals surface area (Å²) >= 11 is 0. The lowest BCUT2D eigenvalue weighted by Crippen LogP contribution is -2.48. The number of ether oxygens (including phenoxy) is 1. The minimum atomic E-state index is -0.355. The lowest BCUT2D eigenvalue weighted by molar-refractivity contribution is -0.139. The molecule has 1 aliphatic heterocycles. The van der Waals surface area contributed by atoms with Gasteiger partial charge in [0.15, 0.2) is 0 Å². The highest BCUT2D eigenvalue weighted by atomic mass is 19.1. The quantitative estimate of drug-likeness (QED) is 0.515. The van der Waals surface area contributed by atoms with Crippen LogP contribution in [0.4, 0.5) is 4.39 Å². The minimum absolute atomic E-state index is 0.00560. The molecule has 0 unspecified atom stereocenters. The van der Waals surface area contributed by atoms with E-state index in [9.17, 15) is 9.18 Å². The summed E-state index contributed by atoms with van der Waals surface area (Å²) in [6, 6.07) is 17.2. The zero-order valence-electron chi connectivity index (χ0n) is 18.3. The lowest BCUT2D eigenvalue weighted by atomic mass is 10.0. The Morgan fingerprint density at radius 3 is 2.47 bits per heavy atom. The second-order valence-corrected chi connectivity index (χ2v) is 7.92. The number of rotatable bonds is 6. The van der Waals surface area contributed by atoms with Crippen molar-refractivity contribution in [1.82, 2.24) is 9.80 Å². The number of nitrogens with zero attached hydrogens (tertiary/aromatic N) is 2. The van der Waals surface area contributed by atoms with Crippen molar-refractivity contribution < 1.29 is 18.3 Å². The summed E-state index contributed by atoms with van der Waals surface area (Å²) in [6.45, 7) is 3.47. The van der Waals surface area contributed by atoms with Gasteiger partial charge in [-0.3, -0.25) is 9.69 Å². The van der Waals surface area contributed by atoms with Crippen molar-refractivity contribution in [3.05, 3.63) is 102 Å². The summed E-state index contributed by atoms with van der Waals surface area (Å²) in [4.78, 5) is 17.7. The molecule has 0 bridgehead atoms. The van der Waals surface area contributed by atoms with Crippen molar-refractivity contribution in [2.24, 2.45) is 0 Å². The van der Waals surface area contributed by atoms with Crippen LogP contribution in [-0.4, -0.2) is 35.4 Å². The molecule has 0 N–H and O–H groups in total. The number of methoxy groups -OCH3 is 1. The van der Waals surface area contributed by atoms with E-state index in [0.717, 1.165) is 22.6 Å². The van der Waals surface area contributed by atoms with Crippen molar-refractivity contribution in [2.75, 3.05) is 13.7 Å². The Kier molecular flexibility index (Phi) is 6.71. The topological polar surface area (TPSA) is 45.9 Å². The monoisotopic (exact) mass is 434 g/mol. The number of hydrogen-bond donors (Lipinski definition) is 0. The first-order valence-corrected chi connectivity index (χ1v) is 10.7. The van der Waals surface area contributed by atoms with Gasteiger partial charge in [0.1, 0.15) is 17.3 Å². The lowest BCUT2D eigenvalue weighted by Gasteiger charge is -2.38. The van der Waals surface area contributed by atoms with E-state index in [-0.39, 0.29) is 23.8 Å². The standard InChI is InChI=1S/C26H27FN2O3/c1-19-26(30)29(17-20-7-11-22(27)12-8-20)25(21-9-13-23(31-2)14-10-21)6-3-15-28(19)18-24-5-4-16-32-24/h3-14,16,19,25H,15,17-18H2,1-2H3/b6-3-/t19-,25+/m0/s1. The van der Waals surface area contributed by atoms with Gasteiger partial charge in [-0.15, -0.1) is 0 Å². The molecule has 32 heavy (non-hydrogen) atoms. The van der Waals surface area contributed by atoms with Gasteiger partial charge in [0.25, 0.3) is 0 Å². The highest BCUT2D eigenvalue weighted by Gasteiger charge is 2.32. The number of hydrogen-bond acceptors (Lipinski definition) is 4. The number of furan rings is 1. The van der Waals surface area contributed by atoms with Crippen LogP contribution in [0.15, 0.2) is 83.5 Å². The van der Waals surface area contributed by atoms with E-state index >= 15 is 0 Å². The molecule has 0 saturated heterocycles. The molecule has 0 aliphatic carbocycles. The number of halogens is 1. The first kappa shape index (κ1) is 21.8. The molecule has 4 rings (SSSR count). The summed E-state index contributed by atoms with van der Waals surface area (Å²) in [5.74, 6) is 1.29. The second-order valence-electron chi connectivity index (χ2n) is 7.92. The van der Waals surface area contributed by atoms with Gasteiger partial charge in [-0.25, -0.2) is 4.39 Å². The highest BCUT2D eigenvalue weighted by Crippen LogP contribution is 2.29. The molecule has 1 amide bonds. The molecular formula is C26H27FN2O3. The fourth-order valence-corrected chi connectivity index (χ4v) is 3.98. The summed E-state index contributed by atoms with van der Waals surface area (Å²) in [5, 5.41) is 0. The number of carbonyl (C=O) groups excluding carboxylic acids is 1. The van der Waals surface area contributed by atoms with Crippen molar-refractivity contribution in [1.29, 1.82) is 0 Å². The van der Waals surface area contributed by atoms with E-state index in [1.54, 1.807) is 25.5 Å². The van der Waals surface area contributed by atoms with Gasteiger partial charge < -0.3 is 14.1 Å². The molecule has 2 aromatic carbocycles. The van der Waals surface area contributed by atoms with E-state index in [4.69, 9.17) is 9.15 Å². The Hall–Kier alpha value is -3.38. The molecule has 0 fully saturated rings. The average molecular weight is 435 g/mol. The van der Waals surface area contributed by atoms with Gasteiger partial charge in [0.2, 0.25) is 5.91 Å². The molecular weight excluding hydrogens is 407 g/mol. The molecule has 1 aliphatic rings. The summed E-state index contributed by atoms with van der Waals surface area (Å²) in [7, 11) is 1.63. The Morgan fingerprint density at radius 2 is 1.81 bits per heavy atom. The van der Waals surface area contributed by atoms with E-state index in [2.05, 4.69) is 17.1 Å². The van der Waals surface area contributed by atoms with Crippen molar-refractivity contribution >= 4 is 5.91 Å². The third kappa shape index (κ3) is 4.92. The molecule has 1 aromatic heterocycles. The highest BCUT2D eigenvalue weighted by molar-refractivity contribution is 5.82. The SMILES string of the molecule is COc1ccc([C@H]2/C=C\CN(Cc3ccco3)[C@@H](C)C(=O)N2Cc2ccc(F)cc2)cc1. The Labute approximate surface area is 187 Å². The number of benzene rings is 2. The molecule has 0 radical (unpaired) electrons. The van der Waals surface area contributed by atoms with Gasteiger partial charge in [-0.1, -0.05) is 36.4 Å². The fraction of sp³-hybridized carbons (Fsp3) is 0.269. The van der Waals surface area contributed by atoms with Crippen LogP contribution in [0.5, 0.6) is 5.75 Å². The van der Waals surface area contributed by atoms with E-state index in [1.165, 1.54) is 12.1 Å². The van der Waals surface area contributed by atoms with Gasteiger partial charge in [-0.05, 0) is 54.4 Å². The molecule has 2 atom stereocenters. The number of amides is 1. The minimum Gasteiger partial charge on any atom is -0.497 e. The molecule has 0 spiro atoms. The Morgan fingerprint density at radius 1 is 1.06 bits per heavy atom. The maximum Gasteiger partial charge on any atom is 0.240 e.